The lowest BCUT2D eigenvalue weighted by Gasteiger charge is -2.18. The van der Waals surface area contributed by atoms with E-state index in [4.69, 9.17) is 4.74 Å². The summed E-state index contributed by atoms with van der Waals surface area (Å²) in [4.78, 5) is 12.3. The largest absolute Gasteiger partial charge is 0.482 e. The molecule has 1 heterocycles. The van der Waals surface area contributed by atoms with Crippen LogP contribution in [-0.4, -0.2) is 26.4 Å². The summed E-state index contributed by atoms with van der Waals surface area (Å²) in [6.07, 6.45) is 1.38. The number of aryl methyl sites for hydroxylation is 1. The van der Waals surface area contributed by atoms with Crippen molar-refractivity contribution in [2.45, 2.75) is 38.6 Å². The first kappa shape index (κ1) is 22.6. The van der Waals surface area contributed by atoms with E-state index in [-0.39, 0.29) is 23.5 Å². The number of nitrogens with one attached hydrogen (secondary N) is 1. The van der Waals surface area contributed by atoms with Crippen molar-refractivity contribution in [1.29, 1.82) is 0 Å². The first-order chi connectivity index (χ1) is 14.9. The first-order valence-corrected chi connectivity index (χ1v) is 10.8. The summed E-state index contributed by atoms with van der Waals surface area (Å²) in [5.41, 5.74) is 2.37. The number of hydrogen-bond acceptors (Lipinski definition) is 5. The van der Waals surface area contributed by atoms with Crippen molar-refractivity contribution in [3.05, 3.63) is 77.9 Å². The number of nitrogens with zero attached hydrogens (tertiary/aromatic N) is 3. The van der Waals surface area contributed by atoms with E-state index in [1.165, 1.54) is 23.9 Å². The molecule has 0 aliphatic heterocycles. The van der Waals surface area contributed by atoms with Crippen LogP contribution in [0.25, 0.3) is 0 Å². The van der Waals surface area contributed by atoms with Crippen molar-refractivity contribution >= 4 is 23.4 Å². The summed E-state index contributed by atoms with van der Waals surface area (Å²) in [6, 6.07) is 12.0. The zero-order chi connectivity index (χ0) is 22.4. The van der Waals surface area contributed by atoms with Crippen LogP contribution in [0.15, 0.2) is 60.3 Å². The Morgan fingerprint density at radius 2 is 2.03 bits per heavy atom. The Labute approximate surface area is 185 Å². The molecule has 6 nitrogen and oxygen atoms in total. The van der Waals surface area contributed by atoms with Crippen molar-refractivity contribution in [2.24, 2.45) is 0 Å². The number of ether oxygens (including phenoxy) is 1. The van der Waals surface area contributed by atoms with Gasteiger partial charge in [0.2, 0.25) is 5.91 Å². The summed E-state index contributed by atoms with van der Waals surface area (Å²) >= 11 is 1.22. The predicted octanol–water partition coefficient (Wildman–Crippen LogP) is 5.09. The second-order valence-electron chi connectivity index (χ2n) is 7.01. The zero-order valence-electron chi connectivity index (χ0n) is 17.8. The number of anilines is 1. The van der Waals surface area contributed by atoms with Crippen LogP contribution in [0.1, 0.15) is 30.0 Å². The van der Waals surface area contributed by atoms with Crippen LogP contribution in [0.2, 0.25) is 0 Å². The standard InChI is InChI=1S/C23H25FN4O2S/c1-5-13-28-22(17(4)30-20-12-8-9-15(2)16(20)3)26-27-23(28)31-14-21(29)25-19-11-7-6-10-18(19)24/h5-12,17H,1,13-14H2,2-4H3,(H,25,29). The van der Waals surface area contributed by atoms with Gasteiger partial charge in [-0.3, -0.25) is 9.36 Å². The molecule has 1 amide bonds. The second-order valence-corrected chi connectivity index (χ2v) is 7.96. The molecular weight excluding hydrogens is 415 g/mol. The first-order valence-electron chi connectivity index (χ1n) is 9.84. The number of allylic oxidation sites excluding steroid dienone is 1. The molecule has 1 aromatic heterocycles. The van der Waals surface area contributed by atoms with Gasteiger partial charge in [0.05, 0.1) is 11.4 Å². The molecule has 0 saturated carbocycles. The van der Waals surface area contributed by atoms with Crippen LogP contribution in [-0.2, 0) is 11.3 Å². The van der Waals surface area contributed by atoms with E-state index in [9.17, 15) is 9.18 Å². The molecule has 0 saturated heterocycles. The fraction of sp³-hybridized carbons (Fsp3) is 0.261. The van der Waals surface area contributed by atoms with Gasteiger partial charge in [0, 0.05) is 6.54 Å². The van der Waals surface area contributed by atoms with Gasteiger partial charge in [0.25, 0.3) is 0 Å². The van der Waals surface area contributed by atoms with Gasteiger partial charge in [-0.15, -0.1) is 16.8 Å². The minimum Gasteiger partial charge on any atom is -0.482 e. The molecule has 0 radical (unpaired) electrons. The van der Waals surface area contributed by atoms with Gasteiger partial charge in [-0.05, 0) is 50.1 Å². The molecule has 0 spiro atoms. The van der Waals surface area contributed by atoms with Crippen LogP contribution in [0.5, 0.6) is 5.75 Å². The van der Waals surface area contributed by atoms with Crippen LogP contribution in [0.3, 0.4) is 0 Å². The maximum Gasteiger partial charge on any atom is 0.234 e. The van der Waals surface area contributed by atoms with Crippen molar-refractivity contribution in [1.82, 2.24) is 14.8 Å². The molecule has 0 fully saturated rings. The zero-order valence-corrected chi connectivity index (χ0v) is 18.6. The molecular formula is C23H25FN4O2S. The maximum absolute atomic E-state index is 13.7. The summed E-state index contributed by atoms with van der Waals surface area (Å²) in [6.45, 7) is 10.2. The average Bonchev–Trinajstić information content (AvgIpc) is 3.14. The van der Waals surface area contributed by atoms with E-state index >= 15 is 0 Å². The third-order valence-corrected chi connectivity index (χ3v) is 5.73. The second kappa shape index (κ2) is 10.3. The van der Waals surface area contributed by atoms with Crippen molar-refractivity contribution < 1.29 is 13.9 Å². The quantitative estimate of drug-likeness (QED) is 0.371. The highest BCUT2D eigenvalue weighted by Crippen LogP contribution is 2.28. The van der Waals surface area contributed by atoms with E-state index in [1.807, 2.05) is 43.5 Å². The molecule has 0 aliphatic carbocycles. The number of rotatable bonds is 9. The van der Waals surface area contributed by atoms with E-state index in [2.05, 4.69) is 22.1 Å². The lowest BCUT2D eigenvalue weighted by atomic mass is 10.1. The highest BCUT2D eigenvalue weighted by Gasteiger charge is 2.20. The number of carbonyl (C=O) groups excluding carboxylic acids is 1. The Kier molecular flexibility index (Phi) is 7.46. The number of hydrogen-bond donors (Lipinski definition) is 1. The molecule has 1 atom stereocenters. The van der Waals surface area contributed by atoms with Gasteiger partial charge in [-0.2, -0.15) is 0 Å². The number of para-hydroxylation sites is 1. The fourth-order valence-corrected chi connectivity index (χ4v) is 3.74. The molecule has 0 bridgehead atoms. The lowest BCUT2D eigenvalue weighted by molar-refractivity contribution is -0.113. The molecule has 3 aromatic rings. The monoisotopic (exact) mass is 440 g/mol. The summed E-state index contributed by atoms with van der Waals surface area (Å²) in [7, 11) is 0. The Balaban J connectivity index is 1.71. The number of halogens is 1. The minimum atomic E-state index is -0.477. The molecule has 31 heavy (non-hydrogen) atoms. The SMILES string of the molecule is C=CCn1c(SCC(=O)Nc2ccccc2F)nnc1C(C)Oc1cccc(C)c1C. The van der Waals surface area contributed by atoms with Gasteiger partial charge in [0.1, 0.15) is 11.6 Å². The van der Waals surface area contributed by atoms with Crippen molar-refractivity contribution in [3.8, 4) is 5.75 Å². The summed E-state index contributed by atoms with van der Waals surface area (Å²) in [5.74, 6) is 0.687. The third-order valence-electron chi connectivity index (χ3n) is 4.76. The van der Waals surface area contributed by atoms with Gasteiger partial charge >= 0.3 is 0 Å². The minimum absolute atomic E-state index is 0.0653. The topological polar surface area (TPSA) is 69.0 Å². The Morgan fingerprint density at radius 3 is 2.77 bits per heavy atom. The van der Waals surface area contributed by atoms with Gasteiger partial charge < -0.3 is 10.1 Å². The molecule has 162 valence electrons. The molecule has 2 aromatic carbocycles. The number of thioether (sulfide) groups is 1. The van der Waals surface area contributed by atoms with Crippen LogP contribution in [0.4, 0.5) is 10.1 Å². The van der Waals surface area contributed by atoms with Crippen LogP contribution < -0.4 is 10.1 Å². The van der Waals surface area contributed by atoms with Crippen LogP contribution >= 0.6 is 11.8 Å². The number of benzene rings is 2. The number of carbonyl (C=O) groups is 1. The average molecular weight is 441 g/mol. The smallest absolute Gasteiger partial charge is 0.234 e. The normalized spacial score (nSPS) is 11.7. The molecule has 0 aliphatic rings. The Bertz CT molecular complexity index is 1080. The highest BCUT2D eigenvalue weighted by atomic mass is 32.2. The van der Waals surface area contributed by atoms with Crippen LogP contribution in [0, 0.1) is 19.7 Å². The molecule has 1 unspecified atom stereocenters. The van der Waals surface area contributed by atoms with Crippen molar-refractivity contribution in [2.75, 3.05) is 11.1 Å². The molecule has 3 rings (SSSR count). The van der Waals surface area contributed by atoms with E-state index in [0.717, 1.165) is 16.9 Å². The van der Waals surface area contributed by atoms with Crippen molar-refractivity contribution in [3.63, 3.8) is 0 Å². The highest BCUT2D eigenvalue weighted by molar-refractivity contribution is 7.99. The summed E-state index contributed by atoms with van der Waals surface area (Å²) in [5, 5.41) is 11.6. The predicted molar refractivity (Wildman–Crippen MR) is 121 cm³/mol. The van der Waals surface area contributed by atoms with Gasteiger partial charge in [-0.1, -0.05) is 42.1 Å². The number of amides is 1. The van der Waals surface area contributed by atoms with Gasteiger partial charge in [0.15, 0.2) is 17.1 Å². The maximum atomic E-state index is 13.7. The number of aromatic nitrogens is 3. The summed E-state index contributed by atoms with van der Waals surface area (Å²) < 4.78 is 21.7. The molecule has 1 N–H and O–H groups in total. The fourth-order valence-electron chi connectivity index (χ4n) is 2.98. The van der Waals surface area contributed by atoms with E-state index in [0.29, 0.717) is 17.5 Å². The third kappa shape index (κ3) is 5.52. The Hall–Kier alpha value is -3.13. The Morgan fingerprint density at radius 1 is 1.26 bits per heavy atom. The lowest BCUT2D eigenvalue weighted by Crippen LogP contribution is -2.16. The van der Waals surface area contributed by atoms with E-state index < -0.39 is 5.82 Å². The molecule has 8 heteroatoms. The van der Waals surface area contributed by atoms with E-state index in [1.54, 1.807) is 18.2 Å². The van der Waals surface area contributed by atoms with Gasteiger partial charge in [-0.25, -0.2) is 4.39 Å².